The van der Waals surface area contributed by atoms with Gasteiger partial charge in [0.2, 0.25) is 0 Å². The zero-order valence-corrected chi connectivity index (χ0v) is 21.2. The lowest BCUT2D eigenvalue weighted by Crippen LogP contribution is -2.44. The van der Waals surface area contributed by atoms with Crippen molar-refractivity contribution < 1.29 is 9.53 Å². The number of aromatic nitrogens is 1. The van der Waals surface area contributed by atoms with Crippen LogP contribution in [0, 0.1) is 0 Å². The molecule has 6 heteroatoms. The van der Waals surface area contributed by atoms with Crippen LogP contribution in [0.25, 0.3) is 22.2 Å². The van der Waals surface area contributed by atoms with E-state index in [0.29, 0.717) is 22.9 Å². The van der Waals surface area contributed by atoms with E-state index in [-0.39, 0.29) is 11.9 Å². The molecular weight excluding hydrogens is 470 g/mol. The third-order valence-corrected chi connectivity index (χ3v) is 6.86. The van der Waals surface area contributed by atoms with E-state index in [0.717, 1.165) is 54.6 Å². The van der Waals surface area contributed by atoms with Gasteiger partial charge in [-0.2, -0.15) is 0 Å². The summed E-state index contributed by atoms with van der Waals surface area (Å²) >= 11 is 6.19. The van der Waals surface area contributed by atoms with E-state index in [4.69, 9.17) is 21.3 Å². The first-order chi connectivity index (χ1) is 17.6. The van der Waals surface area contributed by atoms with E-state index in [1.807, 2.05) is 61.5 Å². The number of carbonyl (C=O) groups excluding carboxylic acids is 1. The number of fused-ring (bicyclic) bond motifs is 1. The Labute approximate surface area is 217 Å². The van der Waals surface area contributed by atoms with Crippen LogP contribution in [-0.4, -0.2) is 41.5 Å². The van der Waals surface area contributed by atoms with Crippen molar-refractivity contribution in [3.8, 4) is 17.0 Å². The van der Waals surface area contributed by atoms with Crippen LogP contribution in [0.4, 0.5) is 0 Å². The maximum absolute atomic E-state index is 13.1. The van der Waals surface area contributed by atoms with Crippen molar-refractivity contribution in [1.82, 2.24) is 15.2 Å². The van der Waals surface area contributed by atoms with Crippen molar-refractivity contribution in [3.05, 3.63) is 95.0 Å². The number of likely N-dealkylation sites (tertiary alicyclic amines) is 1. The molecule has 0 spiro atoms. The zero-order chi connectivity index (χ0) is 24.9. The molecule has 0 aliphatic carbocycles. The molecule has 184 valence electrons. The molecule has 3 aromatic carbocycles. The number of hydrogen-bond acceptors (Lipinski definition) is 4. The van der Waals surface area contributed by atoms with Crippen LogP contribution < -0.4 is 10.1 Å². The minimum Gasteiger partial charge on any atom is -0.493 e. The first-order valence-electron chi connectivity index (χ1n) is 12.5. The summed E-state index contributed by atoms with van der Waals surface area (Å²) in [7, 11) is 0. The Morgan fingerprint density at radius 2 is 1.83 bits per heavy atom. The molecule has 1 aliphatic heterocycles. The first kappa shape index (κ1) is 24.3. The van der Waals surface area contributed by atoms with Crippen molar-refractivity contribution in [3.63, 3.8) is 0 Å². The fourth-order valence-electron chi connectivity index (χ4n) is 4.75. The van der Waals surface area contributed by atoms with Crippen LogP contribution in [0.2, 0.25) is 5.02 Å². The van der Waals surface area contributed by atoms with E-state index in [1.165, 1.54) is 5.56 Å². The highest BCUT2D eigenvalue weighted by Crippen LogP contribution is 2.32. The molecule has 5 rings (SSSR count). The molecule has 0 bridgehead atoms. The Morgan fingerprint density at radius 1 is 1.03 bits per heavy atom. The van der Waals surface area contributed by atoms with E-state index in [9.17, 15) is 4.79 Å². The molecule has 1 aliphatic rings. The van der Waals surface area contributed by atoms with Crippen molar-refractivity contribution >= 4 is 28.4 Å². The fraction of sp³-hybridized carbons (Fsp3) is 0.267. The summed E-state index contributed by atoms with van der Waals surface area (Å²) in [6.45, 7) is 5.37. The van der Waals surface area contributed by atoms with Crippen LogP contribution in [0.3, 0.4) is 0 Å². The van der Waals surface area contributed by atoms with E-state index in [1.54, 1.807) is 0 Å². The van der Waals surface area contributed by atoms with Crippen LogP contribution in [0.1, 0.15) is 35.7 Å². The molecule has 1 fully saturated rings. The molecule has 1 saturated heterocycles. The number of benzene rings is 3. The highest BCUT2D eigenvalue weighted by atomic mass is 35.5. The minimum absolute atomic E-state index is 0.0558. The highest BCUT2D eigenvalue weighted by Gasteiger charge is 2.22. The number of amides is 1. The lowest BCUT2D eigenvalue weighted by atomic mass is 10.0. The van der Waals surface area contributed by atoms with Crippen molar-refractivity contribution in [2.45, 2.75) is 32.4 Å². The molecule has 0 radical (unpaired) electrons. The normalized spacial score (nSPS) is 14.6. The van der Waals surface area contributed by atoms with Gasteiger partial charge in [-0.25, -0.2) is 4.98 Å². The average Bonchev–Trinajstić information content (AvgIpc) is 2.90. The maximum atomic E-state index is 13.1. The molecule has 5 nitrogen and oxygen atoms in total. The number of nitrogens with zero attached hydrogens (tertiary/aromatic N) is 2. The van der Waals surface area contributed by atoms with Gasteiger partial charge < -0.3 is 10.1 Å². The van der Waals surface area contributed by atoms with Gasteiger partial charge in [-0.1, -0.05) is 54.1 Å². The van der Waals surface area contributed by atoms with Gasteiger partial charge in [0.1, 0.15) is 5.75 Å². The molecule has 4 aromatic rings. The molecule has 0 atom stereocenters. The van der Waals surface area contributed by atoms with E-state index in [2.05, 4.69) is 34.5 Å². The standard InChI is InChI=1S/C30H30ClN3O2/c1-2-36-29-19-28(22-9-6-10-24(31)17-22)33-27-12-11-23(18-26(27)29)30(35)32-25-13-15-34(16-14-25)20-21-7-4-3-5-8-21/h3-12,17-19,25H,2,13-16,20H2,1H3,(H,32,35). The molecule has 1 aromatic heterocycles. The van der Waals surface area contributed by atoms with Crippen LogP contribution in [0.15, 0.2) is 78.9 Å². The monoisotopic (exact) mass is 499 g/mol. The van der Waals surface area contributed by atoms with Crippen molar-refractivity contribution in [1.29, 1.82) is 0 Å². The van der Waals surface area contributed by atoms with Gasteiger partial charge >= 0.3 is 0 Å². The fourth-order valence-corrected chi connectivity index (χ4v) is 4.94. The van der Waals surface area contributed by atoms with E-state index < -0.39 is 0 Å². The molecule has 36 heavy (non-hydrogen) atoms. The molecule has 0 saturated carbocycles. The lowest BCUT2D eigenvalue weighted by Gasteiger charge is -2.32. The molecule has 1 amide bonds. The van der Waals surface area contributed by atoms with Gasteiger partial charge in [0.05, 0.1) is 17.8 Å². The largest absolute Gasteiger partial charge is 0.493 e. The van der Waals surface area contributed by atoms with Gasteiger partial charge in [-0.3, -0.25) is 9.69 Å². The second-order valence-corrected chi connectivity index (χ2v) is 9.63. The first-order valence-corrected chi connectivity index (χ1v) is 12.9. The quantitative estimate of drug-likeness (QED) is 0.322. The Kier molecular flexibility index (Phi) is 7.49. The number of piperidine rings is 1. The number of pyridine rings is 1. The second-order valence-electron chi connectivity index (χ2n) is 9.19. The number of nitrogens with one attached hydrogen (secondary N) is 1. The Bertz CT molecular complexity index is 1350. The Balaban J connectivity index is 1.29. The van der Waals surface area contributed by atoms with Gasteiger partial charge in [0.25, 0.3) is 5.91 Å². The topological polar surface area (TPSA) is 54.5 Å². The Morgan fingerprint density at radius 3 is 2.58 bits per heavy atom. The zero-order valence-electron chi connectivity index (χ0n) is 20.4. The molecular formula is C30H30ClN3O2. The third-order valence-electron chi connectivity index (χ3n) is 6.62. The van der Waals surface area contributed by atoms with Crippen molar-refractivity contribution in [2.24, 2.45) is 0 Å². The smallest absolute Gasteiger partial charge is 0.251 e. The van der Waals surface area contributed by atoms with Gasteiger partial charge in [0.15, 0.2) is 0 Å². The summed E-state index contributed by atoms with van der Waals surface area (Å²) in [6, 6.07) is 25.9. The predicted molar refractivity (Wildman–Crippen MR) is 146 cm³/mol. The summed E-state index contributed by atoms with van der Waals surface area (Å²) in [4.78, 5) is 20.4. The number of rotatable bonds is 7. The van der Waals surface area contributed by atoms with Crippen LogP contribution in [0.5, 0.6) is 5.75 Å². The van der Waals surface area contributed by atoms with Crippen LogP contribution in [-0.2, 0) is 6.54 Å². The Hall–Kier alpha value is -3.41. The summed E-state index contributed by atoms with van der Waals surface area (Å²) in [5.74, 6) is 0.654. The van der Waals surface area contributed by atoms with Gasteiger partial charge in [0, 0.05) is 53.3 Å². The number of halogens is 1. The molecule has 2 heterocycles. The summed E-state index contributed by atoms with van der Waals surface area (Å²) in [5, 5.41) is 4.72. The summed E-state index contributed by atoms with van der Waals surface area (Å²) in [5.41, 5.74) is 4.43. The number of ether oxygens (including phenoxy) is 1. The third kappa shape index (κ3) is 5.69. The van der Waals surface area contributed by atoms with E-state index >= 15 is 0 Å². The number of hydrogen-bond donors (Lipinski definition) is 1. The second kappa shape index (κ2) is 11.1. The molecule has 1 N–H and O–H groups in total. The summed E-state index contributed by atoms with van der Waals surface area (Å²) < 4.78 is 5.95. The van der Waals surface area contributed by atoms with Crippen LogP contribution >= 0.6 is 11.6 Å². The highest BCUT2D eigenvalue weighted by molar-refractivity contribution is 6.30. The van der Waals surface area contributed by atoms with Gasteiger partial charge in [-0.05, 0) is 55.7 Å². The average molecular weight is 500 g/mol. The maximum Gasteiger partial charge on any atom is 0.251 e. The number of carbonyl (C=O) groups is 1. The lowest BCUT2D eigenvalue weighted by molar-refractivity contribution is 0.0909. The minimum atomic E-state index is -0.0558. The predicted octanol–water partition coefficient (Wildman–Crippen LogP) is 6.35. The summed E-state index contributed by atoms with van der Waals surface area (Å²) in [6.07, 6.45) is 1.89. The SMILES string of the molecule is CCOc1cc(-c2cccc(Cl)c2)nc2ccc(C(=O)NC3CCN(Cc4ccccc4)CC3)cc12. The van der Waals surface area contributed by atoms with Crippen molar-refractivity contribution in [2.75, 3.05) is 19.7 Å². The van der Waals surface area contributed by atoms with Gasteiger partial charge in [-0.15, -0.1) is 0 Å². The molecule has 0 unspecified atom stereocenters.